The van der Waals surface area contributed by atoms with E-state index in [1.165, 1.54) is 5.39 Å². The minimum Gasteiger partial charge on any atom is -0.490 e. The molecule has 0 amide bonds. The molecule has 0 saturated carbocycles. The first-order valence-electron chi connectivity index (χ1n) is 8.31. The summed E-state index contributed by atoms with van der Waals surface area (Å²) in [6, 6.07) is 10.3. The number of likely N-dealkylation sites (tertiary alicyclic amines) is 1. The van der Waals surface area contributed by atoms with E-state index in [9.17, 15) is 0 Å². The Bertz CT molecular complexity index is 741. The molecule has 0 atom stereocenters. The minimum atomic E-state index is 0.316. The fraction of sp³-hybridized carbons (Fsp3) is 0.389. The highest BCUT2D eigenvalue weighted by Crippen LogP contribution is 2.27. The van der Waals surface area contributed by atoms with Crippen molar-refractivity contribution in [1.82, 2.24) is 19.7 Å². The molecule has 5 heteroatoms. The molecule has 0 unspecified atom stereocenters. The standard InChI is InChI=1S/C18H22N4O/c1-3-17-16(5-9-19-17)18(4-1)23-15-6-11-21(12-7-15)13-14-22-10-2-8-20-22/h1-5,8-10,15,19H,6-7,11-14H2. The van der Waals surface area contributed by atoms with Crippen LogP contribution in [0, 0.1) is 0 Å². The van der Waals surface area contributed by atoms with Crippen LogP contribution in [0.25, 0.3) is 10.9 Å². The maximum Gasteiger partial charge on any atom is 0.129 e. The van der Waals surface area contributed by atoms with Crippen LogP contribution in [0.15, 0.2) is 48.9 Å². The second kappa shape index (κ2) is 6.46. The predicted molar refractivity (Wildman–Crippen MR) is 90.6 cm³/mol. The van der Waals surface area contributed by atoms with Gasteiger partial charge in [0.05, 0.1) is 6.54 Å². The van der Waals surface area contributed by atoms with Crippen molar-refractivity contribution in [3.63, 3.8) is 0 Å². The summed E-state index contributed by atoms with van der Waals surface area (Å²) in [6.07, 6.45) is 8.31. The van der Waals surface area contributed by atoms with Crippen molar-refractivity contribution in [3.05, 3.63) is 48.9 Å². The first-order valence-corrected chi connectivity index (χ1v) is 8.31. The largest absolute Gasteiger partial charge is 0.490 e. The highest BCUT2D eigenvalue weighted by Gasteiger charge is 2.21. The fourth-order valence-corrected chi connectivity index (χ4v) is 3.27. The third-order valence-electron chi connectivity index (χ3n) is 4.59. The fourth-order valence-electron chi connectivity index (χ4n) is 3.27. The van der Waals surface area contributed by atoms with E-state index in [4.69, 9.17) is 4.74 Å². The van der Waals surface area contributed by atoms with E-state index in [1.807, 2.05) is 35.4 Å². The number of hydrogen-bond acceptors (Lipinski definition) is 3. The summed E-state index contributed by atoms with van der Waals surface area (Å²) in [5.74, 6) is 0.999. The van der Waals surface area contributed by atoms with Crippen LogP contribution < -0.4 is 4.74 Å². The molecule has 1 aromatic carbocycles. The first-order chi connectivity index (χ1) is 11.4. The Morgan fingerprint density at radius 1 is 1.13 bits per heavy atom. The molecule has 0 bridgehead atoms. The number of H-pyrrole nitrogens is 1. The maximum atomic E-state index is 6.26. The van der Waals surface area contributed by atoms with Crippen molar-refractivity contribution in [2.24, 2.45) is 0 Å². The van der Waals surface area contributed by atoms with Crippen LogP contribution in [0.4, 0.5) is 0 Å². The van der Waals surface area contributed by atoms with Gasteiger partial charge in [0.1, 0.15) is 11.9 Å². The SMILES string of the molecule is c1cc(OC2CCN(CCn3cccn3)CC2)c2cc[nH]c2c1. The van der Waals surface area contributed by atoms with Crippen LogP contribution in [0.3, 0.4) is 0 Å². The van der Waals surface area contributed by atoms with Crippen LogP contribution in [-0.4, -0.2) is 45.4 Å². The number of aromatic nitrogens is 3. The molecule has 0 aliphatic carbocycles. The van der Waals surface area contributed by atoms with Gasteiger partial charge in [0.2, 0.25) is 0 Å². The zero-order valence-corrected chi connectivity index (χ0v) is 13.2. The molecular formula is C18H22N4O. The van der Waals surface area contributed by atoms with Crippen molar-refractivity contribution in [3.8, 4) is 5.75 Å². The molecule has 5 nitrogen and oxygen atoms in total. The molecule has 1 aliphatic heterocycles. The van der Waals surface area contributed by atoms with Gasteiger partial charge in [0, 0.05) is 49.1 Å². The zero-order chi connectivity index (χ0) is 15.5. The minimum absolute atomic E-state index is 0.316. The van der Waals surface area contributed by atoms with Gasteiger partial charge in [-0.1, -0.05) is 6.07 Å². The third kappa shape index (κ3) is 3.24. The van der Waals surface area contributed by atoms with Crippen molar-refractivity contribution >= 4 is 10.9 Å². The van der Waals surface area contributed by atoms with Gasteiger partial charge < -0.3 is 14.6 Å². The molecule has 4 rings (SSSR count). The topological polar surface area (TPSA) is 46.1 Å². The van der Waals surface area contributed by atoms with E-state index in [0.29, 0.717) is 6.10 Å². The van der Waals surface area contributed by atoms with Gasteiger partial charge in [-0.2, -0.15) is 5.10 Å². The number of rotatable bonds is 5. The Morgan fingerprint density at radius 2 is 2.04 bits per heavy atom. The van der Waals surface area contributed by atoms with Crippen LogP contribution in [0.2, 0.25) is 0 Å². The Hall–Kier alpha value is -2.27. The van der Waals surface area contributed by atoms with Crippen LogP contribution >= 0.6 is 0 Å². The van der Waals surface area contributed by atoms with E-state index in [0.717, 1.165) is 50.3 Å². The van der Waals surface area contributed by atoms with Gasteiger partial charge in [-0.15, -0.1) is 0 Å². The lowest BCUT2D eigenvalue weighted by molar-refractivity contribution is 0.0992. The second-order valence-electron chi connectivity index (χ2n) is 6.12. The van der Waals surface area contributed by atoms with E-state index in [-0.39, 0.29) is 0 Å². The summed E-state index contributed by atoms with van der Waals surface area (Å²) >= 11 is 0. The third-order valence-corrected chi connectivity index (χ3v) is 4.59. The summed E-state index contributed by atoms with van der Waals surface area (Å²) in [4.78, 5) is 5.74. The highest BCUT2D eigenvalue weighted by atomic mass is 16.5. The Balaban J connectivity index is 1.30. The monoisotopic (exact) mass is 310 g/mol. The van der Waals surface area contributed by atoms with E-state index < -0.39 is 0 Å². The normalized spacial score (nSPS) is 16.9. The molecule has 3 aromatic rings. The van der Waals surface area contributed by atoms with Gasteiger partial charge in [0.15, 0.2) is 0 Å². The van der Waals surface area contributed by atoms with E-state index >= 15 is 0 Å². The molecule has 2 aromatic heterocycles. The Morgan fingerprint density at radius 3 is 2.87 bits per heavy atom. The summed E-state index contributed by atoms with van der Waals surface area (Å²) in [5, 5.41) is 5.43. The number of nitrogens with zero attached hydrogens (tertiary/aromatic N) is 3. The first kappa shape index (κ1) is 14.3. The van der Waals surface area contributed by atoms with Crippen molar-refractivity contribution in [2.45, 2.75) is 25.5 Å². The molecule has 1 N–H and O–H groups in total. The smallest absolute Gasteiger partial charge is 0.129 e. The second-order valence-corrected chi connectivity index (χ2v) is 6.12. The number of nitrogens with one attached hydrogen (secondary N) is 1. The summed E-state index contributed by atoms with van der Waals surface area (Å²) in [7, 11) is 0. The molecule has 120 valence electrons. The molecule has 1 fully saturated rings. The van der Waals surface area contributed by atoms with Crippen molar-refractivity contribution in [1.29, 1.82) is 0 Å². The lowest BCUT2D eigenvalue weighted by Gasteiger charge is -2.32. The van der Waals surface area contributed by atoms with Crippen LogP contribution in [0.1, 0.15) is 12.8 Å². The Kier molecular flexibility index (Phi) is 4.03. The molecule has 0 spiro atoms. The number of ether oxygens (including phenoxy) is 1. The highest BCUT2D eigenvalue weighted by molar-refractivity contribution is 5.85. The zero-order valence-electron chi connectivity index (χ0n) is 13.2. The number of piperidine rings is 1. The van der Waals surface area contributed by atoms with Gasteiger partial charge in [-0.05, 0) is 37.1 Å². The molecule has 3 heterocycles. The lowest BCUT2D eigenvalue weighted by Crippen LogP contribution is -2.39. The average Bonchev–Trinajstić information content (AvgIpc) is 3.26. The summed E-state index contributed by atoms with van der Waals surface area (Å²) in [6.45, 7) is 4.20. The Labute approximate surface area is 135 Å². The lowest BCUT2D eigenvalue weighted by atomic mass is 10.1. The number of benzene rings is 1. The molecule has 1 saturated heterocycles. The quantitative estimate of drug-likeness (QED) is 0.788. The summed E-state index contributed by atoms with van der Waals surface area (Å²) < 4.78 is 8.26. The molecule has 0 radical (unpaired) electrons. The van der Waals surface area contributed by atoms with Crippen molar-refractivity contribution in [2.75, 3.05) is 19.6 Å². The van der Waals surface area contributed by atoms with Gasteiger partial charge in [-0.25, -0.2) is 0 Å². The number of aromatic amines is 1. The van der Waals surface area contributed by atoms with Gasteiger partial charge in [-0.3, -0.25) is 4.68 Å². The number of hydrogen-bond donors (Lipinski definition) is 1. The maximum absolute atomic E-state index is 6.26. The molecule has 23 heavy (non-hydrogen) atoms. The number of fused-ring (bicyclic) bond motifs is 1. The van der Waals surface area contributed by atoms with E-state index in [2.05, 4.69) is 33.2 Å². The molecular weight excluding hydrogens is 288 g/mol. The van der Waals surface area contributed by atoms with Gasteiger partial charge >= 0.3 is 0 Å². The average molecular weight is 310 g/mol. The predicted octanol–water partition coefficient (Wildman–Crippen LogP) is 2.91. The molecule has 1 aliphatic rings. The van der Waals surface area contributed by atoms with Gasteiger partial charge in [0.25, 0.3) is 0 Å². The van der Waals surface area contributed by atoms with Crippen molar-refractivity contribution < 1.29 is 4.74 Å². The van der Waals surface area contributed by atoms with E-state index in [1.54, 1.807) is 0 Å². The summed E-state index contributed by atoms with van der Waals surface area (Å²) in [5.41, 5.74) is 1.14. The van der Waals surface area contributed by atoms with Crippen LogP contribution in [0.5, 0.6) is 5.75 Å². The van der Waals surface area contributed by atoms with Crippen LogP contribution in [-0.2, 0) is 6.54 Å².